The Hall–Kier alpha value is -1.20. The van der Waals surface area contributed by atoms with Crippen LogP contribution in [-0.4, -0.2) is 29.3 Å². The summed E-state index contributed by atoms with van der Waals surface area (Å²) in [7, 11) is 0. The van der Waals surface area contributed by atoms with Crippen LogP contribution in [0.2, 0.25) is 0 Å². The predicted molar refractivity (Wildman–Crippen MR) is 64.6 cm³/mol. The molecule has 1 fully saturated rings. The van der Waals surface area contributed by atoms with Crippen molar-refractivity contribution < 1.29 is 9.47 Å². The van der Waals surface area contributed by atoms with E-state index < -0.39 is 0 Å². The molecule has 0 unspecified atom stereocenters. The summed E-state index contributed by atoms with van der Waals surface area (Å²) in [6.45, 7) is 1.52. The van der Waals surface area contributed by atoms with Crippen LogP contribution in [0.3, 0.4) is 0 Å². The number of thiocarbonyl (C=S) groups is 1. The molecule has 0 aliphatic carbocycles. The molecular weight excluding hydrogens is 224 g/mol. The number of ether oxygens (including phenoxy) is 2. The van der Waals surface area contributed by atoms with Gasteiger partial charge in [-0.05, 0) is 6.07 Å². The zero-order chi connectivity index (χ0) is 11.4. The third-order valence-corrected chi connectivity index (χ3v) is 2.66. The van der Waals surface area contributed by atoms with Crippen LogP contribution in [0, 0.1) is 0 Å². The SMILES string of the molecule is NC(=S)c1cc(OC2CCOCC2)ccn1. The van der Waals surface area contributed by atoms with Crippen molar-refractivity contribution in [2.24, 2.45) is 5.73 Å². The zero-order valence-corrected chi connectivity index (χ0v) is 9.70. The van der Waals surface area contributed by atoms with Crippen LogP contribution >= 0.6 is 12.2 Å². The van der Waals surface area contributed by atoms with Crippen molar-refractivity contribution in [3.05, 3.63) is 24.0 Å². The molecule has 1 saturated heterocycles. The van der Waals surface area contributed by atoms with Gasteiger partial charge in [-0.3, -0.25) is 4.98 Å². The molecule has 1 aliphatic heterocycles. The van der Waals surface area contributed by atoms with Crippen LogP contribution in [0.1, 0.15) is 18.5 Å². The standard InChI is InChI=1S/C11H14N2O2S/c12-11(16)10-7-9(1-4-13-10)15-8-2-5-14-6-3-8/h1,4,7-8H,2-3,5-6H2,(H2,12,16). The molecule has 1 aliphatic rings. The van der Waals surface area contributed by atoms with Gasteiger partial charge in [-0.15, -0.1) is 0 Å². The van der Waals surface area contributed by atoms with E-state index in [1.165, 1.54) is 0 Å². The number of aromatic nitrogens is 1. The van der Waals surface area contributed by atoms with Gasteiger partial charge in [0, 0.05) is 25.1 Å². The number of pyridine rings is 1. The second-order valence-corrected chi connectivity index (χ2v) is 4.11. The first-order chi connectivity index (χ1) is 7.75. The van der Waals surface area contributed by atoms with Crippen LogP contribution < -0.4 is 10.5 Å². The van der Waals surface area contributed by atoms with Gasteiger partial charge in [-0.2, -0.15) is 0 Å². The smallest absolute Gasteiger partial charge is 0.123 e. The summed E-state index contributed by atoms with van der Waals surface area (Å²) in [6, 6.07) is 3.59. The Bertz CT molecular complexity index is 378. The van der Waals surface area contributed by atoms with Crippen LogP contribution in [0.4, 0.5) is 0 Å². The second-order valence-electron chi connectivity index (χ2n) is 3.67. The summed E-state index contributed by atoms with van der Waals surface area (Å²) in [5, 5.41) is 0. The Morgan fingerprint density at radius 2 is 2.25 bits per heavy atom. The van der Waals surface area contributed by atoms with E-state index in [0.717, 1.165) is 31.8 Å². The maximum Gasteiger partial charge on any atom is 0.123 e. The van der Waals surface area contributed by atoms with Gasteiger partial charge < -0.3 is 15.2 Å². The van der Waals surface area contributed by atoms with Crippen molar-refractivity contribution in [1.29, 1.82) is 0 Å². The van der Waals surface area contributed by atoms with Crippen molar-refractivity contribution in [3.63, 3.8) is 0 Å². The average Bonchev–Trinajstić information content (AvgIpc) is 2.30. The number of rotatable bonds is 3. The molecule has 1 aromatic rings. The van der Waals surface area contributed by atoms with Crippen molar-refractivity contribution in [1.82, 2.24) is 4.98 Å². The Morgan fingerprint density at radius 3 is 2.94 bits per heavy atom. The van der Waals surface area contributed by atoms with E-state index in [1.54, 1.807) is 12.3 Å². The fraction of sp³-hybridized carbons (Fsp3) is 0.455. The third kappa shape index (κ3) is 2.90. The minimum atomic E-state index is 0.218. The predicted octanol–water partition coefficient (Wildman–Crippen LogP) is 1.27. The highest BCUT2D eigenvalue weighted by molar-refractivity contribution is 7.80. The fourth-order valence-corrected chi connectivity index (χ4v) is 1.72. The molecule has 2 heterocycles. The van der Waals surface area contributed by atoms with Gasteiger partial charge in [0.25, 0.3) is 0 Å². The topological polar surface area (TPSA) is 57.4 Å². The number of nitrogens with zero attached hydrogens (tertiary/aromatic N) is 1. The lowest BCUT2D eigenvalue weighted by Gasteiger charge is -2.23. The monoisotopic (exact) mass is 238 g/mol. The van der Waals surface area contributed by atoms with Crippen molar-refractivity contribution in [2.75, 3.05) is 13.2 Å². The van der Waals surface area contributed by atoms with Gasteiger partial charge >= 0.3 is 0 Å². The highest BCUT2D eigenvalue weighted by atomic mass is 32.1. The van der Waals surface area contributed by atoms with Gasteiger partial charge in [-0.25, -0.2) is 0 Å². The quantitative estimate of drug-likeness (QED) is 0.804. The molecule has 0 radical (unpaired) electrons. The molecule has 86 valence electrons. The second kappa shape index (κ2) is 5.23. The third-order valence-electron chi connectivity index (χ3n) is 2.45. The lowest BCUT2D eigenvalue weighted by atomic mass is 10.1. The first-order valence-electron chi connectivity index (χ1n) is 5.26. The highest BCUT2D eigenvalue weighted by Crippen LogP contribution is 2.18. The van der Waals surface area contributed by atoms with E-state index in [4.69, 9.17) is 27.4 Å². The summed E-state index contributed by atoms with van der Waals surface area (Å²) in [6.07, 6.45) is 3.72. The molecule has 0 spiro atoms. The molecular formula is C11H14N2O2S. The molecule has 2 N–H and O–H groups in total. The normalized spacial score (nSPS) is 17.0. The lowest BCUT2D eigenvalue weighted by Crippen LogP contribution is -2.26. The minimum absolute atomic E-state index is 0.218. The molecule has 4 nitrogen and oxygen atoms in total. The largest absolute Gasteiger partial charge is 0.490 e. The van der Waals surface area contributed by atoms with Crippen LogP contribution in [0.15, 0.2) is 18.3 Å². The van der Waals surface area contributed by atoms with E-state index in [-0.39, 0.29) is 11.1 Å². The molecule has 0 saturated carbocycles. The molecule has 5 heteroatoms. The van der Waals surface area contributed by atoms with E-state index in [1.807, 2.05) is 6.07 Å². The summed E-state index contributed by atoms with van der Waals surface area (Å²) in [4.78, 5) is 4.35. The Labute approximate surface area is 99.8 Å². The Balaban J connectivity index is 2.02. The van der Waals surface area contributed by atoms with E-state index in [2.05, 4.69) is 4.98 Å². The molecule has 2 rings (SSSR count). The van der Waals surface area contributed by atoms with Crippen LogP contribution in [0.25, 0.3) is 0 Å². The average molecular weight is 238 g/mol. The minimum Gasteiger partial charge on any atom is -0.490 e. The molecule has 0 bridgehead atoms. The highest BCUT2D eigenvalue weighted by Gasteiger charge is 2.15. The Morgan fingerprint density at radius 1 is 1.50 bits per heavy atom. The van der Waals surface area contributed by atoms with Gasteiger partial charge in [0.05, 0.1) is 13.2 Å². The summed E-state index contributed by atoms with van der Waals surface area (Å²) >= 11 is 4.87. The fourth-order valence-electron chi connectivity index (χ4n) is 1.61. The van der Waals surface area contributed by atoms with Crippen LogP contribution in [-0.2, 0) is 4.74 Å². The van der Waals surface area contributed by atoms with Gasteiger partial charge in [-0.1, -0.05) is 12.2 Å². The summed E-state index contributed by atoms with van der Waals surface area (Å²) < 4.78 is 11.1. The van der Waals surface area contributed by atoms with Crippen molar-refractivity contribution in [3.8, 4) is 5.75 Å². The summed E-state index contributed by atoms with van der Waals surface area (Å²) in [5.74, 6) is 0.768. The number of hydrogen-bond acceptors (Lipinski definition) is 4. The zero-order valence-electron chi connectivity index (χ0n) is 8.89. The first-order valence-corrected chi connectivity index (χ1v) is 5.67. The molecule has 0 atom stereocenters. The lowest BCUT2D eigenvalue weighted by molar-refractivity contribution is 0.0255. The van der Waals surface area contributed by atoms with E-state index >= 15 is 0 Å². The Kier molecular flexibility index (Phi) is 3.69. The molecule has 1 aromatic heterocycles. The van der Waals surface area contributed by atoms with Crippen molar-refractivity contribution in [2.45, 2.75) is 18.9 Å². The molecule has 16 heavy (non-hydrogen) atoms. The van der Waals surface area contributed by atoms with Crippen LogP contribution in [0.5, 0.6) is 5.75 Å². The van der Waals surface area contributed by atoms with Gasteiger partial charge in [0.2, 0.25) is 0 Å². The number of hydrogen-bond donors (Lipinski definition) is 1. The first kappa shape index (κ1) is 11.3. The van der Waals surface area contributed by atoms with E-state index in [0.29, 0.717) is 5.69 Å². The van der Waals surface area contributed by atoms with E-state index in [9.17, 15) is 0 Å². The number of nitrogens with two attached hydrogens (primary N) is 1. The molecule has 0 aromatic carbocycles. The van der Waals surface area contributed by atoms with Gasteiger partial charge in [0.1, 0.15) is 22.5 Å². The summed E-state index contributed by atoms with van der Waals surface area (Å²) in [5.41, 5.74) is 6.11. The maximum absolute atomic E-state index is 5.81. The van der Waals surface area contributed by atoms with Gasteiger partial charge in [0.15, 0.2) is 0 Å². The molecule has 0 amide bonds. The maximum atomic E-state index is 5.81. The van der Waals surface area contributed by atoms with Crippen molar-refractivity contribution >= 4 is 17.2 Å².